The summed E-state index contributed by atoms with van der Waals surface area (Å²) < 4.78 is 5.38. The Labute approximate surface area is 169 Å². The smallest absolute Gasteiger partial charge is 0.222 e. The number of piperazine rings is 1. The van der Waals surface area contributed by atoms with Crippen molar-refractivity contribution in [3.05, 3.63) is 65.2 Å². The summed E-state index contributed by atoms with van der Waals surface area (Å²) in [5, 5.41) is 0. The van der Waals surface area contributed by atoms with E-state index in [-0.39, 0.29) is 5.91 Å². The van der Waals surface area contributed by atoms with Crippen LogP contribution in [0.4, 0.5) is 0 Å². The molecule has 2 aromatic rings. The van der Waals surface area contributed by atoms with E-state index in [1.54, 1.807) is 7.11 Å². The highest BCUT2D eigenvalue weighted by Crippen LogP contribution is 2.20. The molecule has 0 aliphatic carbocycles. The zero-order valence-corrected chi connectivity index (χ0v) is 17.4. The lowest BCUT2D eigenvalue weighted by Crippen LogP contribution is -2.48. The van der Waals surface area contributed by atoms with Crippen molar-refractivity contribution >= 4 is 5.91 Å². The predicted octanol–water partition coefficient (Wildman–Crippen LogP) is 4.10. The van der Waals surface area contributed by atoms with E-state index in [0.717, 1.165) is 50.5 Å². The molecular formula is C24H32N2O2. The molecule has 1 amide bonds. The maximum Gasteiger partial charge on any atom is 0.222 e. The minimum absolute atomic E-state index is 0.242. The summed E-state index contributed by atoms with van der Waals surface area (Å²) in [5.41, 5.74) is 3.83. The molecule has 0 N–H and O–H groups in total. The second kappa shape index (κ2) is 9.74. The van der Waals surface area contributed by atoms with Crippen molar-refractivity contribution in [2.24, 2.45) is 0 Å². The van der Waals surface area contributed by atoms with Crippen LogP contribution in [0.1, 0.15) is 42.9 Å². The first kappa shape index (κ1) is 20.4. The van der Waals surface area contributed by atoms with Gasteiger partial charge in [0.2, 0.25) is 5.91 Å². The third-order valence-corrected chi connectivity index (χ3v) is 5.58. The third-order valence-electron chi connectivity index (χ3n) is 5.58. The van der Waals surface area contributed by atoms with E-state index in [1.165, 1.54) is 11.1 Å². The Kier molecular flexibility index (Phi) is 7.10. The highest BCUT2D eigenvalue weighted by molar-refractivity contribution is 5.76. The Morgan fingerprint density at radius 3 is 2.32 bits per heavy atom. The van der Waals surface area contributed by atoms with Crippen molar-refractivity contribution in [1.82, 2.24) is 9.80 Å². The molecule has 0 spiro atoms. The minimum Gasteiger partial charge on any atom is -0.496 e. The molecule has 1 aliphatic rings. The van der Waals surface area contributed by atoms with Gasteiger partial charge in [-0.05, 0) is 35.1 Å². The normalized spacial score (nSPS) is 15.1. The zero-order valence-electron chi connectivity index (χ0n) is 17.4. The lowest BCUT2D eigenvalue weighted by Gasteiger charge is -2.35. The highest BCUT2D eigenvalue weighted by atomic mass is 16.5. The van der Waals surface area contributed by atoms with Crippen LogP contribution in [-0.4, -0.2) is 49.0 Å². The van der Waals surface area contributed by atoms with Gasteiger partial charge in [-0.25, -0.2) is 0 Å². The maximum atomic E-state index is 12.6. The fourth-order valence-electron chi connectivity index (χ4n) is 3.73. The van der Waals surface area contributed by atoms with E-state index < -0.39 is 0 Å². The second-order valence-electron chi connectivity index (χ2n) is 7.87. The number of ether oxygens (including phenoxy) is 1. The molecule has 4 heteroatoms. The fraction of sp³-hybridized carbons (Fsp3) is 0.458. The molecule has 0 saturated carbocycles. The van der Waals surface area contributed by atoms with Gasteiger partial charge in [0.15, 0.2) is 0 Å². The maximum absolute atomic E-state index is 12.6. The van der Waals surface area contributed by atoms with Gasteiger partial charge in [0.25, 0.3) is 0 Å². The number of nitrogens with zero attached hydrogens (tertiary/aromatic N) is 2. The van der Waals surface area contributed by atoms with Gasteiger partial charge in [0, 0.05) is 39.1 Å². The van der Waals surface area contributed by atoms with Crippen LogP contribution in [0.5, 0.6) is 5.75 Å². The van der Waals surface area contributed by atoms with Crippen LogP contribution in [0.3, 0.4) is 0 Å². The molecule has 28 heavy (non-hydrogen) atoms. The topological polar surface area (TPSA) is 32.8 Å². The van der Waals surface area contributed by atoms with Gasteiger partial charge in [-0.3, -0.25) is 9.69 Å². The van der Waals surface area contributed by atoms with Gasteiger partial charge in [-0.2, -0.15) is 0 Å². The molecule has 0 atom stereocenters. The van der Waals surface area contributed by atoms with Crippen LogP contribution >= 0.6 is 0 Å². The SMILES string of the molecule is COc1ccccc1CCC(=O)N1CCN(Cc2ccc(C(C)C)cc2)CC1. The summed E-state index contributed by atoms with van der Waals surface area (Å²) in [4.78, 5) is 17.1. The molecule has 1 saturated heterocycles. The first-order valence-corrected chi connectivity index (χ1v) is 10.3. The van der Waals surface area contributed by atoms with E-state index in [2.05, 4.69) is 43.0 Å². The van der Waals surface area contributed by atoms with Gasteiger partial charge in [-0.1, -0.05) is 56.3 Å². The first-order valence-electron chi connectivity index (χ1n) is 10.3. The number of carbonyl (C=O) groups is 1. The Balaban J connectivity index is 1.44. The van der Waals surface area contributed by atoms with Crippen LogP contribution < -0.4 is 4.74 Å². The Bertz CT molecular complexity index is 762. The van der Waals surface area contributed by atoms with Crippen LogP contribution in [0, 0.1) is 0 Å². The van der Waals surface area contributed by atoms with E-state index >= 15 is 0 Å². The summed E-state index contributed by atoms with van der Waals surface area (Å²) in [7, 11) is 1.68. The average molecular weight is 381 g/mol. The number of para-hydroxylation sites is 1. The van der Waals surface area contributed by atoms with Crippen molar-refractivity contribution in [2.75, 3.05) is 33.3 Å². The molecule has 4 nitrogen and oxygen atoms in total. The fourth-order valence-corrected chi connectivity index (χ4v) is 3.73. The Morgan fingerprint density at radius 2 is 1.68 bits per heavy atom. The summed E-state index contributed by atoms with van der Waals surface area (Å²) in [6, 6.07) is 16.9. The lowest BCUT2D eigenvalue weighted by atomic mass is 10.0. The molecule has 3 rings (SSSR count). The molecule has 0 unspecified atom stereocenters. The summed E-state index contributed by atoms with van der Waals surface area (Å²) in [6.07, 6.45) is 1.27. The van der Waals surface area contributed by atoms with Crippen molar-refractivity contribution in [2.45, 2.75) is 39.2 Å². The van der Waals surface area contributed by atoms with Crippen LogP contribution in [0.2, 0.25) is 0 Å². The van der Waals surface area contributed by atoms with E-state index in [0.29, 0.717) is 12.3 Å². The van der Waals surface area contributed by atoms with E-state index in [4.69, 9.17) is 4.74 Å². The van der Waals surface area contributed by atoms with Crippen LogP contribution in [0.25, 0.3) is 0 Å². The first-order chi connectivity index (χ1) is 13.6. The number of benzene rings is 2. The van der Waals surface area contributed by atoms with Gasteiger partial charge in [0.05, 0.1) is 7.11 Å². The van der Waals surface area contributed by atoms with Crippen molar-refractivity contribution < 1.29 is 9.53 Å². The largest absolute Gasteiger partial charge is 0.496 e. The molecule has 0 bridgehead atoms. The molecule has 150 valence electrons. The number of carbonyl (C=O) groups excluding carboxylic acids is 1. The molecule has 0 aromatic heterocycles. The van der Waals surface area contributed by atoms with E-state index in [1.807, 2.05) is 29.2 Å². The van der Waals surface area contributed by atoms with Gasteiger partial charge in [-0.15, -0.1) is 0 Å². The number of hydrogen-bond acceptors (Lipinski definition) is 3. The number of methoxy groups -OCH3 is 1. The summed E-state index contributed by atoms with van der Waals surface area (Å²) in [6.45, 7) is 8.90. The monoisotopic (exact) mass is 380 g/mol. The molecule has 1 fully saturated rings. The average Bonchev–Trinajstić information content (AvgIpc) is 2.73. The van der Waals surface area contributed by atoms with Crippen molar-refractivity contribution in [3.8, 4) is 5.75 Å². The predicted molar refractivity (Wildman–Crippen MR) is 114 cm³/mol. The molecule has 2 aromatic carbocycles. The van der Waals surface area contributed by atoms with Gasteiger partial charge in [0.1, 0.15) is 5.75 Å². The number of amides is 1. The van der Waals surface area contributed by atoms with E-state index in [9.17, 15) is 4.79 Å². The Hall–Kier alpha value is -2.33. The summed E-state index contributed by atoms with van der Waals surface area (Å²) >= 11 is 0. The third kappa shape index (κ3) is 5.35. The van der Waals surface area contributed by atoms with Gasteiger partial charge >= 0.3 is 0 Å². The van der Waals surface area contributed by atoms with Crippen LogP contribution in [-0.2, 0) is 17.8 Å². The number of hydrogen-bond donors (Lipinski definition) is 0. The second-order valence-corrected chi connectivity index (χ2v) is 7.87. The van der Waals surface area contributed by atoms with Crippen molar-refractivity contribution in [1.29, 1.82) is 0 Å². The van der Waals surface area contributed by atoms with Crippen molar-refractivity contribution in [3.63, 3.8) is 0 Å². The van der Waals surface area contributed by atoms with Crippen LogP contribution in [0.15, 0.2) is 48.5 Å². The molecule has 1 heterocycles. The molecular weight excluding hydrogens is 348 g/mol. The number of aryl methyl sites for hydroxylation is 1. The standard InChI is InChI=1S/C24H32N2O2/c1-19(2)21-10-8-20(9-11-21)18-25-14-16-26(17-15-25)24(27)13-12-22-6-4-5-7-23(22)28-3/h4-11,19H,12-18H2,1-3H3. The number of rotatable bonds is 7. The quantitative estimate of drug-likeness (QED) is 0.725. The molecule has 0 radical (unpaired) electrons. The highest BCUT2D eigenvalue weighted by Gasteiger charge is 2.21. The summed E-state index contributed by atoms with van der Waals surface area (Å²) in [5.74, 6) is 1.68. The zero-order chi connectivity index (χ0) is 19.9. The lowest BCUT2D eigenvalue weighted by molar-refractivity contribution is -0.133. The Morgan fingerprint density at radius 1 is 1.00 bits per heavy atom. The van der Waals surface area contributed by atoms with Gasteiger partial charge < -0.3 is 9.64 Å². The minimum atomic E-state index is 0.242. The molecule has 1 aliphatic heterocycles.